The van der Waals surface area contributed by atoms with Gasteiger partial charge in [-0.1, -0.05) is 13.8 Å². The molecule has 0 saturated carbocycles. The topological polar surface area (TPSA) is 38.5 Å². The summed E-state index contributed by atoms with van der Waals surface area (Å²) in [6, 6.07) is -1.55. The molecule has 1 unspecified atom stereocenters. The van der Waals surface area contributed by atoms with Gasteiger partial charge >= 0.3 is 6.18 Å². The van der Waals surface area contributed by atoms with E-state index in [2.05, 4.69) is 0 Å². The molecule has 0 aromatic carbocycles. The minimum absolute atomic E-state index is 0.0355. The third-order valence-corrected chi connectivity index (χ3v) is 3.18. The van der Waals surface area contributed by atoms with Gasteiger partial charge in [0.15, 0.2) is 0 Å². The Morgan fingerprint density at radius 1 is 1.22 bits per heavy atom. The van der Waals surface area contributed by atoms with E-state index in [1.807, 2.05) is 13.8 Å². The summed E-state index contributed by atoms with van der Waals surface area (Å²) in [7, 11) is 1.50. The number of methoxy groups -OCH3 is 1. The van der Waals surface area contributed by atoms with Crippen LogP contribution in [0.15, 0.2) is 0 Å². The number of halogens is 3. The molecule has 0 aromatic heterocycles. The van der Waals surface area contributed by atoms with Gasteiger partial charge in [0, 0.05) is 19.7 Å². The molecule has 6 heteroatoms. The monoisotopic (exact) mass is 270 g/mol. The molecule has 0 aromatic rings. The van der Waals surface area contributed by atoms with Crippen LogP contribution in [-0.2, 0) is 4.74 Å². The Morgan fingerprint density at radius 3 is 2.11 bits per heavy atom. The van der Waals surface area contributed by atoms with E-state index in [9.17, 15) is 13.2 Å². The Balaban J connectivity index is 4.95. The van der Waals surface area contributed by atoms with Crippen molar-refractivity contribution < 1.29 is 17.9 Å². The van der Waals surface area contributed by atoms with E-state index in [0.717, 1.165) is 0 Å². The van der Waals surface area contributed by atoms with E-state index in [1.54, 1.807) is 0 Å². The number of ether oxygens (including phenoxy) is 1. The lowest BCUT2D eigenvalue weighted by molar-refractivity contribution is -0.192. The van der Waals surface area contributed by atoms with E-state index >= 15 is 0 Å². The largest absolute Gasteiger partial charge is 0.404 e. The second kappa shape index (κ2) is 8.72. The van der Waals surface area contributed by atoms with Crippen LogP contribution < -0.4 is 5.73 Å². The molecule has 0 radical (unpaired) electrons. The van der Waals surface area contributed by atoms with Gasteiger partial charge in [-0.2, -0.15) is 13.2 Å². The average Bonchev–Trinajstić information content (AvgIpc) is 2.31. The lowest BCUT2D eigenvalue weighted by Gasteiger charge is -2.38. The van der Waals surface area contributed by atoms with Gasteiger partial charge in [0.05, 0.1) is 6.61 Å². The minimum Gasteiger partial charge on any atom is -0.383 e. The zero-order chi connectivity index (χ0) is 14.2. The zero-order valence-corrected chi connectivity index (χ0v) is 11.5. The van der Waals surface area contributed by atoms with Crippen LogP contribution in [0, 0.1) is 0 Å². The van der Waals surface area contributed by atoms with Crippen LogP contribution in [0.4, 0.5) is 13.2 Å². The van der Waals surface area contributed by atoms with Crippen molar-refractivity contribution in [1.29, 1.82) is 0 Å². The first-order chi connectivity index (χ1) is 8.42. The molecule has 0 aliphatic heterocycles. The predicted octanol–water partition coefficient (Wildman–Crippen LogP) is 2.40. The Labute approximate surface area is 107 Å². The van der Waals surface area contributed by atoms with Gasteiger partial charge in [-0.3, -0.25) is 4.90 Å². The maximum Gasteiger partial charge on any atom is 0.404 e. The predicted molar refractivity (Wildman–Crippen MR) is 66.5 cm³/mol. The molecule has 2 N–H and O–H groups in total. The fraction of sp³-hybridized carbons (Fsp3) is 1.00. The van der Waals surface area contributed by atoms with E-state index in [-0.39, 0.29) is 25.6 Å². The number of nitrogens with two attached hydrogens (primary N) is 1. The quantitative estimate of drug-likeness (QED) is 0.699. The highest BCUT2D eigenvalue weighted by atomic mass is 19.4. The van der Waals surface area contributed by atoms with E-state index in [4.69, 9.17) is 10.5 Å². The van der Waals surface area contributed by atoms with Crippen LogP contribution in [0.5, 0.6) is 0 Å². The summed E-state index contributed by atoms with van der Waals surface area (Å²) in [5, 5.41) is 0. The summed E-state index contributed by atoms with van der Waals surface area (Å²) in [6.07, 6.45) is -2.92. The second-order valence-corrected chi connectivity index (χ2v) is 4.34. The van der Waals surface area contributed by atoms with E-state index < -0.39 is 12.2 Å². The highest BCUT2D eigenvalue weighted by Crippen LogP contribution is 2.29. The van der Waals surface area contributed by atoms with Crippen molar-refractivity contribution >= 4 is 0 Å². The van der Waals surface area contributed by atoms with Crippen LogP contribution in [0.2, 0.25) is 0 Å². The third kappa shape index (κ3) is 5.54. The van der Waals surface area contributed by atoms with Crippen LogP contribution in [0.25, 0.3) is 0 Å². The lowest BCUT2D eigenvalue weighted by Crippen LogP contribution is -2.52. The summed E-state index contributed by atoms with van der Waals surface area (Å²) in [5.74, 6) is 0. The molecule has 0 rings (SSSR count). The molecule has 0 bridgehead atoms. The van der Waals surface area contributed by atoms with Gasteiger partial charge < -0.3 is 10.5 Å². The Hall–Kier alpha value is -0.330. The van der Waals surface area contributed by atoms with Gasteiger partial charge in [0.2, 0.25) is 0 Å². The Kier molecular flexibility index (Phi) is 8.56. The average molecular weight is 270 g/mol. The summed E-state index contributed by atoms with van der Waals surface area (Å²) in [4.78, 5) is 1.50. The number of alkyl halides is 3. The van der Waals surface area contributed by atoms with Crippen LogP contribution >= 0.6 is 0 Å². The molecule has 3 nitrogen and oxygen atoms in total. The van der Waals surface area contributed by atoms with Crippen molar-refractivity contribution in [2.24, 2.45) is 5.73 Å². The maximum atomic E-state index is 13.1. The lowest BCUT2D eigenvalue weighted by atomic mass is 10.0. The van der Waals surface area contributed by atoms with Crippen LogP contribution in [0.1, 0.15) is 33.1 Å². The van der Waals surface area contributed by atoms with Crippen molar-refractivity contribution in [3.63, 3.8) is 0 Å². The Bertz CT molecular complexity index is 208. The van der Waals surface area contributed by atoms with E-state index in [0.29, 0.717) is 19.4 Å². The molecule has 0 saturated heterocycles. The third-order valence-electron chi connectivity index (χ3n) is 3.18. The molecule has 1 atom stereocenters. The van der Waals surface area contributed by atoms with Crippen LogP contribution in [0.3, 0.4) is 0 Å². The molecule has 0 aliphatic carbocycles. The molecule has 0 aliphatic rings. The fourth-order valence-corrected chi connectivity index (χ4v) is 2.22. The molecule has 18 heavy (non-hydrogen) atoms. The van der Waals surface area contributed by atoms with Crippen LogP contribution in [-0.4, -0.2) is 50.0 Å². The molecular weight excluding hydrogens is 245 g/mol. The summed E-state index contributed by atoms with van der Waals surface area (Å²) in [5.41, 5.74) is 5.32. The molecule has 0 heterocycles. The molecular formula is C12H25F3N2O. The van der Waals surface area contributed by atoms with Gasteiger partial charge in [0.25, 0.3) is 0 Å². The maximum absolute atomic E-state index is 13.1. The highest BCUT2D eigenvalue weighted by molar-refractivity contribution is 4.83. The van der Waals surface area contributed by atoms with Crippen molar-refractivity contribution in [3.8, 4) is 0 Å². The first-order valence-electron chi connectivity index (χ1n) is 6.43. The molecule has 0 fully saturated rings. The fourth-order valence-electron chi connectivity index (χ4n) is 2.22. The normalized spacial score (nSPS) is 14.5. The van der Waals surface area contributed by atoms with Gasteiger partial charge in [-0.25, -0.2) is 0 Å². The smallest absolute Gasteiger partial charge is 0.383 e. The number of hydrogen-bond donors (Lipinski definition) is 1. The van der Waals surface area contributed by atoms with Gasteiger partial charge in [-0.15, -0.1) is 0 Å². The summed E-state index contributed by atoms with van der Waals surface area (Å²) in [6.45, 7) is 4.43. The number of rotatable bonds is 9. The Morgan fingerprint density at radius 2 is 1.78 bits per heavy atom. The SMILES string of the molecule is CCC(CC)N(CCOC)C(CCN)C(F)(F)F. The first-order valence-corrected chi connectivity index (χ1v) is 6.43. The molecule has 110 valence electrons. The van der Waals surface area contributed by atoms with Crippen molar-refractivity contribution in [3.05, 3.63) is 0 Å². The van der Waals surface area contributed by atoms with Crippen molar-refractivity contribution in [1.82, 2.24) is 4.90 Å². The molecule has 0 amide bonds. The van der Waals surface area contributed by atoms with Gasteiger partial charge in [0.1, 0.15) is 6.04 Å². The second-order valence-electron chi connectivity index (χ2n) is 4.34. The van der Waals surface area contributed by atoms with Gasteiger partial charge in [-0.05, 0) is 25.8 Å². The van der Waals surface area contributed by atoms with Crippen molar-refractivity contribution in [2.45, 2.75) is 51.4 Å². The van der Waals surface area contributed by atoms with E-state index in [1.165, 1.54) is 12.0 Å². The summed E-state index contributed by atoms with van der Waals surface area (Å²) < 4.78 is 44.2. The summed E-state index contributed by atoms with van der Waals surface area (Å²) >= 11 is 0. The number of nitrogens with zero attached hydrogens (tertiary/aromatic N) is 1. The standard InChI is InChI=1S/C12H25F3N2O/c1-4-10(5-2)17(8-9-18-3)11(6-7-16)12(13,14)15/h10-11H,4-9,16H2,1-3H3. The van der Waals surface area contributed by atoms with Crippen molar-refractivity contribution in [2.75, 3.05) is 26.8 Å². The minimum atomic E-state index is -4.24. The number of hydrogen-bond acceptors (Lipinski definition) is 3. The molecule has 0 spiro atoms. The first kappa shape index (κ1) is 17.7. The highest BCUT2D eigenvalue weighted by Gasteiger charge is 2.44. The zero-order valence-electron chi connectivity index (χ0n) is 11.5.